The number of carbonyl (C=O) groups is 1. The molecule has 1 aromatic carbocycles. The molecule has 5 rings (SSSR count). The van der Waals surface area contributed by atoms with Crippen molar-refractivity contribution in [1.82, 2.24) is 24.8 Å². The average molecular weight is 498 g/mol. The van der Waals surface area contributed by atoms with Gasteiger partial charge in [-0.05, 0) is 79.7 Å². The Hall–Kier alpha value is -4.04. The quantitative estimate of drug-likeness (QED) is 0.302. The minimum atomic E-state index is -0.367. The number of hydrogen-bond acceptors (Lipinski definition) is 5. The maximum absolute atomic E-state index is 12.5. The van der Waals surface area contributed by atoms with Crippen LogP contribution in [0.25, 0.3) is 5.69 Å². The third-order valence-corrected chi connectivity index (χ3v) is 6.99. The van der Waals surface area contributed by atoms with E-state index in [4.69, 9.17) is 17.0 Å². The highest BCUT2D eigenvalue weighted by atomic mass is 32.1. The number of hydrogen-bond donors (Lipinski definition) is 1. The second kappa shape index (κ2) is 9.91. The van der Waals surface area contributed by atoms with Gasteiger partial charge in [-0.2, -0.15) is 0 Å². The van der Waals surface area contributed by atoms with Crippen LogP contribution < -0.4 is 5.32 Å². The number of carbonyl (C=O) groups excluding carboxylic acids is 1. The summed E-state index contributed by atoms with van der Waals surface area (Å²) in [6.45, 7) is 4.76. The van der Waals surface area contributed by atoms with Crippen LogP contribution in [-0.4, -0.2) is 37.6 Å². The molecule has 7 nitrogen and oxygen atoms in total. The van der Waals surface area contributed by atoms with Gasteiger partial charge in [-0.25, -0.2) is 4.79 Å². The molecular formula is C28H27N5O2S. The van der Waals surface area contributed by atoms with Crippen molar-refractivity contribution in [2.24, 2.45) is 0 Å². The fraction of sp³-hybridized carbons (Fsp3) is 0.214. The molecule has 1 saturated heterocycles. The van der Waals surface area contributed by atoms with Gasteiger partial charge in [0.25, 0.3) is 0 Å². The van der Waals surface area contributed by atoms with Gasteiger partial charge in [0.1, 0.15) is 0 Å². The first-order valence-corrected chi connectivity index (χ1v) is 12.1. The molecule has 1 aliphatic heterocycles. The number of thiocarbonyl (C=S) groups is 1. The van der Waals surface area contributed by atoms with Crippen LogP contribution in [0.4, 0.5) is 0 Å². The SMILES string of the molecule is COC(=O)c1ccccc1-n1c(C)cc([C@H]2[C@H](c3ccccn3)NC(=S)N2Cc2ccncc2)c1C. The number of benzene rings is 1. The lowest BCUT2D eigenvalue weighted by atomic mass is 9.96. The van der Waals surface area contributed by atoms with Crippen molar-refractivity contribution in [2.75, 3.05) is 7.11 Å². The van der Waals surface area contributed by atoms with E-state index < -0.39 is 0 Å². The Morgan fingerprint density at radius 3 is 2.53 bits per heavy atom. The van der Waals surface area contributed by atoms with E-state index in [1.807, 2.05) is 55.5 Å². The predicted molar refractivity (Wildman–Crippen MR) is 142 cm³/mol. The Balaban J connectivity index is 1.64. The highest BCUT2D eigenvalue weighted by Gasteiger charge is 2.41. The number of esters is 1. The van der Waals surface area contributed by atoms with Gasteiger partial charge in [0.15, 0.2) is 5.11 Å². The van der Waals surface area contributed by atoms with E-state index in [9.17, 15) is 4.79 Å². The number of aromatic nitrogens is 3. The fourth-order valence-corrected chi connectivity index (χ4v) is 5.31. The summed E-state index contributed by atoms with van der Waals surface area (Å²) in [5.41, 5.74) is 6.50. The van der Waals surface area contributed by atoms with Gasteiger partial charge in [-0.15, -0.1) is 0 Å². The Labute approximate surface area is 215 Å². The summed E-state index contributed by atoms with van der Waals surface area (Å²) in [6.07, 6.45) is 5.39. The van der Waals surface area contributed by atoms with Crippen LogP contribution in [0.3, 0.4) is 0 Å². The molecule has 1 fully saturated rings. The van der Waals surface area contributed by atoms with Crippen LogP contribution in [0.2, 0.25) is 0 Å². The van der Waals surface area contributed by atoms with Gasteiger partial charge >= 0.3 is 5.97 Å². The lowest BCUT2D eigenvalue weighted by molar-refractivity contribution is 0.0600. The van der Waals surface area contributed by atoms with Crippen LogP contribution >= 0.6 is 12.2 Å². The molecule has 4 heterocycles. The number of ether oxygens (including phenoxy) is 1. The first-order valence-electron chi connectivity index (χ1n) is 11.7. The molecule has 0 unspecified atom stereocenters. The summed E-state index contributed by atoms with van der Waals surface area (Å²) < 4.78 is 7.17. The lowest BCUT2D eigenvalue weighted by Gasteiger charge is -2.28. The maximum atomic E-state index is 12.5. The van der Waals surface area contributed by atoms with Crippen LogP contribution in [0.15, 0.2) is 79.3 Å². The number of pyridine rings is 2. The Morgan fingerprint density at radius 2 is 1.81 bits per heavy atom. The number of rotatable bonds is 6. The molecule has 8 heteroatoms. The normalized spacial score (nSPS) is 17.2. The van der Waals surface area contributed by atoms with Gasteiger partial charge in [-0.1, -0.05) is 18.2 Å². The summed E-state index contributed by atoms with van der Waals surface area (Å²) in [5, 5.41) is 4.19. The van der Waals surface area contributed by atoms with Crippen LogP contribution in [0.1, 0.15) is 50.7 Å². The molecule has 0 bridgehead atoms. The molecule has 0 aliphatic carbocycles. The van der Waals surface area contributed by atoms with E-state index in [0.29, 0.717) is 17.2 Å². The van der Waals surface area contributed by atoms with E-state index in [1.54, 1.807) is 24.7 Å². The van der Waals surface area contributed by atoms with E-state index in [1.165, 1.54) is 7.11 Å². The van der Waals surface area contributed by atoms with Crippen molar-refractivity contribution in [2.45, 2.75) is 32.5 Å². The minimum Gasteiger partial charge on any atom is -0.465 e. The summed E-state index contributed by atoms with van der Waals surface area (Å²) in [5.74, 6) is -0.367. The summed E-state index contributed by atoms with van der Waals surface area (Å²) in [4.78, 5) is 23.6. The summed E-state index contributed by atoms with van der Waals surface area (Å²) in [6, 6.07) is 19.4. The molecule has 182 valence electrons. The van der Waals surface area contributed by atoms with Crippen molar-refractivity contribution < 1.29 is 9.53 Å². The van der Waals surface area contributed by atoms with Crippen molar-refractivity contribution in [3.63, 3.8) is 0 Å². The summed E-state index contributed by atoms with van der Waals surface area (Å²) >= 11 is 5.84. The molecule has 4 aromatic rings. The fourth-order valence-electron chi connectivity index (χ4n) is 5.01. The monoisotopic (exact) mass is 497 g/mol. The third-order valence-electron chi connectivity index (χ3n) is 6.64. The standard InChI is InChI=1S/C28H27N5O2S/c1-18-16-22(19(2)33(18)24-10-5-4-8-21(24)27(34)35-3)26-25(23-9-6-7-13-30-23)31-28(36)32(26)17-20-11-14-29-15-12-20/h4-16,25-26H,17H2,1-3H3,(H,31,36)/t25-,26-/m0/s1. The highest BCUT2D eigenvalue weighted by molar-refractivity contribution is 7.80. The van der Waals surface area contributed by atoms with Crippen LogP contribution in [0.5, 0.6) is 0 Å². The Morgan fingerprint density at radius 1 is 1.06 bits per heavy atom. The number of nitrogens with zero attached hydrogens (tertiary/aromatic N) is 4. The molecule has 1 N–H and O–H groups in total. The smallest absolute Gasteiger partial charge is 0.339 e. The molecule has 0 saturated carbocycles. The average Bonchev–Trinajstić information content (AvgIpc) is 3.39. The third kappa shape index (κ3) is 4.24. The maximum Gasteiger partial charge on any atom is 0.339 e. The van der Waals surface area contributed by atoms with E-state index in [0.717, 1.165) is 33.9 Å². The van der Waals surface area contributed by atoms with Gasteiger partial charge in [0.2, 0.25) is 0 Å². The number of aryl methyl sites for hydroxylation is 1. The molecule has 2 atom stereocenters. The molecule has 0 radical (unpaired) electrons. The second-order valence-corrected chi connectivity index (χ2v) is 9.17. The Bertz CT molecular complexity index is 1400. The van der Waals surface area contributed by atoms with Gasteiger partial charge in [0.05, 0.1) is 36.1 Å². The highest BCUT2D eigenvalue weighted by Crippen LogP contribution is 2.42. The molecule has 3 aromatic heterocycles. The van der Waals surface area contributed by atoms with E-state index >= 15 is 0 Å². The second-order valence-electron chi connectivity index (χ2n) is 8.78. The topological polar surface area (TPSA) is 72.3 Å². The van der Waals surface area contributed by atoms with Crippen molar-refractivity contribution in [3.05, 3.63) is 113 Å². The number of para-hydroxylation sites is 1. The Kier molecular flexibility index (Phi) is 6.52. The number of nitrogens with one attached hydrogen (secondary N) is 1. The molecule has 36 heavy (non-hydrogen) atoms. The van der Waals surface area contributed by atoms with E-state index in [-0.39, 0.29) is 18.1 Å². The lowest BCUT2D eigenvalue weighted by Crippen LogP contribution is -2.29. The molecule has 0 spiro atoms. The first kappa shape index (κ1) is 23.7. The van der Waals surface area contributed by atoms with E-state index in [2.05, 4.69) is 37.7 Å². The zero-order valence-electron chi connectivity index (χ0n) is 20.4. The zero-order valence-corrected chi connectivity index (χ0v) is 21.2. The zero-order chi connectivity index (χ0) is 25.2. The van der Waals surface area contributed by atoms with Crippen LogP contribution in [-0.2, 0) is 11.3 Å². The first-order chi connectivity index (χ1) is 17.5. The molecule has 1 aliphatic rings. The van der Waals surface area contributed by atoms with Crippen molar-refractivity contribution in [3.8, 4) is 5.69 Å². The predicted octanol–water partition coefficient (Wildman–Crippen LogP) is 4.84. The largest absolute Gasteiger partial charge is 0.465 e. The van der Waals surface area contributed by atoms with Crippen molar-refractivity contribution in [1.29, 1.82) is 0 Å². The summed E-state index contributed by atoms with van der Waals surface area (Å²) in [7, 11) is 1.40. The van der Waals surface area contributed by atoms with Crippen LogP contribution in [0, 0.1) is 13.8 Å². The number of methoxy groups -OCH3 is 1. The minimum absolute atomic E-state index is 0.106. The van der Waals surface area contributed by atoms with Gasteiger partial charge in [-0.3, -0.25) is 9.97 Å². The van der Waals surface area contributed by atoms with Gasteiger partial charge in [0, 0.05) is 36.5 Å². The van der Waals surface area contributed by atoms with Gasteiger partial charge < -0.3 is 19.5 Å². The van der Waals surface area contributed by atoms with Crippen molar-refractivity contribution >= 4 is 23.3 Å². The molecular weight excluding hydrogens is 470 g/mol. The molecule has 0 amide bonds.